The first kappa shape index (κ1) is 22.1. The van der Waals surface area contributed by atoms with E-state index in [4.69, 9.17) is 0 Å². The van der Waals surface area contributed by atoms with E-state index < -0.39 is 5.97 Å². The molecule has 4 aromatic rings. The second kappa shape index (κ2) is 8.93. The van der Waals surface area contributed by atoms with Crippen LogP contribution in [0.4, 0.5) is 4.39 Å². The Morgan fingerprint density at radius 2 is 1.88 bits per heavy atom. The Morgan fingerprint density at radius 3 is 2.68 bits per heavy atom. The molecule has 1 aliphatic rings. The molecule has 0 radical (unpaired) electrons. The number of hydrogen-bond acceptors (Lipinski definition) is 2. The zero-order valence-electron chi connectivity index (χ0n) is 19.1. The average Bonchev–Trinajstić information content (AvgIpc) is 3.13. The molecule has 1 atom stereocenters. The van der Waals surface area contributed by atoms with Gasteiger partial charge in [-0.05, 0) is 59.4 Å². The Hall–Kier alpha value is -3.67. The minimum absolute atomic E-state index is 0.0361. The van der Waals surface area contributed by atoms with E-state index in [1.807, 2.05) is 30.0 Å². The first-order chi connectivity index (χ1) is 16.5. The normalized spacial score (nSPS) is 15.4. The van der Waals surface area contributed by atoms with Crippen molar-refractivity contribution in [3.8, 4) is 0 Å². The summed E-state index contributed by atoms with van der Waals surface area (Å²) in [6, 6.07) is 18.8. The van der Waals surface area contributed by atoms with Crippen LogP contribution in [0.3, 0.4) is 0 Å². The smallest absolute Gasteiger partial charge is 0.323 e. The number of halogens is 1. The molecular weight excluding hydrogens is 431 g/mol. The molecular formula is C28H27FN2O3. The molecule has 0 aliphatic heterocycles. The predicted molar refractivity (Wildman–Crippen MR) is 130 cm³/mol. The third-order valence-electron chi connectivity index (χ3n) is 6.98. The molecule has 34 heavy (non-hydrogen) atoms. The van der Waals surface area contributed by atoms with Crippen LogP contribution in [-0.2, 0) is 35.5 Å². The van der Waals surface area contributed by atoms with Crippen molar-refractivity contribution in [3.05, 3.63) is 83.3 Å². The van der Waals surface area contributed by atoms with Gasteiger partial charge in [-0.25, -0.2) is 4.39 Å². The quantitative estimate of drug-likeness (QED) is 0.426. The number of carboxylic acids is 1. The molecule has 1 aliphatic carbocycles. The summed E-state index contributed by atoms with van der Waals surface area (Å²) >= 11 is 0. The minimum atomic E-state index is -0.926. The third kappa shape index (κ3) is 3.94. The van der Waals surface area contributed by atoms with Gasteiger partial charge in [0.05, 0.1) is 0 Å². The lowest BCUT2D eigenvalue weighted by molar-refractivity contribution is -0.137. The molecule has 5 nitrogen and oxygen atoms in total. The Kier molecular flexibility index (Phi) is 5.82. The lowest BCUT2D eigenvalue weighted by atomic mass is 9.89. The maximum Gasteiger partial charge on any atom is 0.323 e. The lowest BCUT2D eigenvalue weighted by Gasteiger charge is -2.35. The van der Waals surface area contributed by atoms with E-state index in [0.29, 0.717) is 25.8 Å². The summed E-state index contributed by atoms with van der Waals surface area (Å²) in [4.78, 5) is 26.6. The highest BCUT2D eigenvalue weighted by Crippen LogP contribution is 2.35. The number of carbonyl (C=O) groups is 2. The van der Waals surface area contributed by atoms with E-state index >= 15 is 0 Å². The van der Waals surface area contributed by atoms with Crippen molar-refractivity contribution in [2.75, 3.05) is 0 Å². The summed E-state index contributed by atoms with van der Waals surface area (Å²) < 4.78 is 16.0. The minimum Gasteiger partial charge on any atom is -0.480 e. The van der Waals surface area contributed by atoms with Gasteiger partial charge in [-0.2, -0.15) is 0 Å². The molecule has 0 saturated carbocycles. The summed E-state index contributed by atoms with van der Waals surface area (Å²) in [7, 11) is 0. The van der Waals surface area contributed by atoms with Gasteiger partial charge >= 0.3 is 5.97 Å². The SMILES string of the molecule is CCC(=O)N(Cc1cccc2ccccc12)C1CCc2c(c3cc(F)ccc3n2CC(=O)O)C1. The van der Waals surface area contributed by atoms with Crippen molar-refractivity contribution in [2.45, 2.75) is 51.7 Å². The van der Waals surface area contributed by atoms with Crippen LogP contribution >= 0.6 is 0 Å². The first-order valence-corrected chi connectivity index (χ1v) is 11.7. The molecule has 1 amide bonds. The van der Waals surface area contributed by atoms with E-state index in [9.17, 15) is 19.1 Å². The molecule has 1 heterocycles. The van der Waals surface area contributed by atoms with Gasteiger partial charge in [-0.3, -0.25) is 9.59 Å². The average molecular weight is 459 g/mol. The fourth-order valence-corrected chi connectivity index (χ4v) is 5.42. The number of benzene rings is 3. The number of aliphatic carboxylic acids is 1. The van der Waals surface area contributed by atoms with Crippen LogP contribution in [0.25, 0.3) is 21.7 Å². The van der Waals surface area contributed by atoms with E-state index in [1.54, 1.807) is 10.6 Å². The van der Waals surface area contributed by atoms with Gasteiger partial charge < -0.3 is 14.6 Å². The zero-order valence-corrected chi connectivity index (χ0v) is 19.1. The molecule has 0 spiro atoms. The van der Waals surface area contributed by atoms with Crippen LogP contribution in [0.1, 0.15) is 36.6 Å². The van der Waals surface area contributed by atoms with Gasteiger partial charge in [0.2, 0.25) is 5.91 Å². The standard InChI is InChI=1S/C28H27FN2O3/c1-2-27(32)30(16-19-8-5-7-18-6-3-4-9-22(18)19)21-11-13-26-24(15-21)23-14-20(29)10-12-25(23)31(26)17-28(33)34/h3-10,12,14,21H,2,11,13,15-17H2,1H3,(H,33,34). The molecule has 5 rings (SSSR count). The van der Waals surface area contributed by atoms with E-state index in [1.165, 1.54) is 12.1 Å². The molecule has 0 bridgehead atoms. The van der Waals surface area contributed by atoms with Crippen LogP contribution in [0.15, 0.2) is 60.7 Å². The zero-order chi connectivity index (χ0) is 23.8. The molecule has 0 fully saturated rings. The molecule has 3 aromatic carbocycles. The number of carbonyl (C=O) groups excluding carboxylic acids is 1. The number of hydrogen-bond donors (Lipinski definition) is 1. The number of carboxylic acid groups (broad SMARTS) is 1. The Morgan fingerprint density at radius 1 is 1.09 bits per heavy atom. The van der Waals surface area contributed by atoms with Crippen molar-refractivity contribution in [1.82, 2.24) is 9.47 Å². The van der Waals surface area contributed by atoms with Crippen molar-refractivity contribution in [1.29, 1.82) is 0 Å². The van der Waals surface area contributed by atoms with Crippen LogP contribution in [-0.4, -0.2) is 32.5 Å². The van der Waals surface area contributed by atoms with Crippen molar-refractivity contribution in [2.24, 2.45) is 0 Å². The largest absolute Gasteiger partial charge is 0.480 e. The fraction of sp³-hybridized carbons (Fsp3) is 0.286. The topological polar surface area (TPSA) is 62.5 Å². The molecule has 0 saturated heterocycles. The maximum absolute atomic E-state index is 14.2. The van der Waals surface area contributed by atoms with Crippen molar-refractivity contribution >= 4 is 33.6 Å². The molecule has 1 unspecified atom stereocenters. The summed E-state index contributed by atoms with van der Waals surface area (Å²) in [5.74, 6) is -1.19. The van der Waals surface area contributed by atoms with Gasteiger partial charge in [0, 0.05) is 35.6 Å². The first-order valence-electron chi connectivity index (χ1n) is 11.7. The molecule has 1 N–H and O–H groups in total. The molecule has 1 aromatic heterocycles. The van der Waals surface area contributed by atoms with Crippen molar-refractivity contribution in [3.63, 3.8) is 0 Å². The van der Waals surface area contributed by atoms with Crippen LogP contribution in [0.5, 0.6) is 0 Å². The molecule has 174 valence electrons. The summed E-state index contributed by atoms with van der Waals surface area (Å²) in [6.07, 6.45) is 2.37. The predicted octanol–water partition coefficient (Wildman–Crippen LogP) is 5.31. The number of amides is 1. The second-order valence-corrected chi connectivity index (χ2v) is 8.98. The highest BCUT2D eigenvalue weighted by atomic mass is 19.1. The lowest BCUT2D eigenvalue weighted by Crippen LogP contribution is -2.42. The highest BCUT2D eigenvalue weighted by molar-refractivity contribution is 5.88. The number of aromatic nitrogens is 1. The summed E-state index contributed by atoms with van der Waals surface area (Å²) in [5, 5.41) is 12.5. The number of nitrogens with zero attached hydrogens (tertiary/aromatic N) is 2. The van der Waals surface area contributed by atoms with E-state index in [-0.39, 0.29) is 24.3 Å². The maximum atomic E-state index is 14.2. The Bertz CT molecular complexity index is 1400. The highest BCUT2D eigenvalue weighted by Gasteiger charge is 2.31. The van der Waals surface area contributed by atoms with Crippen LogP contribution < -0.4 is 0 Å². The second-order valence-electron chi connectivity index (χ2n) is 8.98. The monoisotopic (exact) mass is 458 g/mol. The Labute approximate surface area is 197 Å². The summed E-state index contributed by atoms with van der Waals surface area (Å²) in [5.41, 5.74) is 3.73. The fourth-order valence-electron chi connectivity index (χ4n) is 5.42. The number of fused-ring (bicyclic) bond motifs is 4. The van der Waals surface area contributed by atoms with Gasteiger partial charge in [0.15, 0.2) is 0 Å². The van der Waals surface area contributed by atoms with E-state index in [0.717, 1.165) is 44.9 Å². The van der Waals surface area contributed by atoms with Gasteiger partial charge in [-0.15, -0.1) is 0 Å². The van der Waals surface area contributed by atoms with E-state index in [2.05, 4.69) is 24.3 Å². The van der Waals surface area contributed by atoms with Gasteiger partial charge in [0.1, 0.15) is 12.4 Å². The van der Waals surface area contributed by atoms with Crippen LogP contribution in [0, 0.1) is 5.82 Å². The van der Waals surface area contributed by atoms with Gasteiger partial charge in [0.25, 0.3) is 0 Å². The van der Waals surface area contributed by atoms with Gasteiger partial charge in [-0.1, -0.05) is 49.4 Å². The van der Waals surface area contributed by atoms with Crippen molar-refractivity contribution < 1.29 is 19.1 Å². The van der Waals surface area contributed by atoms with Crippen LogP contribution in [0.2, 0.25) is 0 Å². The number of rotatable bonds is 6. The molecule has 6 heteroatoms. The Balaban J connectivity index is 1.54. The third-order valence-corrected chi connectivity index (χ3v) is 6.98. The summed E-state index contributed by atoms with van der Waals surface area (Å²) in [6.45, 7) is 2.23.